The van der Waals surface area contributed by atoms with Crippen molar-refractivity contribution < 1.29 is 38.4 Å². The molecular weight excluding hydrogens is 452 g/mol. The maximum absolute atomic E-state index is 13.1. The van der Waals surface area contributed by atoms with Crippen molar-refractivity contribution in [2.24, 2.45) is 17.8 Å². The molecule has 3 saturated carbocycles. The molecular formula is C27H42O8. The molecule has 4 aliphatic rings. The summed E-state index contributed by atoms with van der Waals surface area (Å²) in [7, 11) is 0. The van der Waals surface area contributed by atoms with Gasteiger partial charge in [-0.05, 0) is 38.5 Å². The van der Waals surface area contributed by atoms with Gasteiger partial charge in [0.2, 0.25) is 0 Å². The van der Waals surface area contributed by atoms with Crippen LogP contribution in [-0.2, 0) is 33.3 Å². The zero-order chi connectivity index (χ0) is 24.6. The van der Waals surface area contributed by atoms with Gasteiger partial charge in [-0.25, -0.2) is 0 Å². The second kappa shape index (κ2) is 13.0. The van der Waals surface area contributed by atoms with Gasteiger partial charge in [0, 0.05) is 0 Å². The van der Waals surface area contributed by atoms with Gasteiger partial charge in [-0.1, -0.05) is 57.8 Å². The molecule has 0 amide bonds. The van der Waals surface area contributed by atoms with E-state index in [0.29, 0.717) is 0 Å². The third kappa shape index (κ3) is 6.97. The molecule has 1 aliphatic heterocycles. The van der Waals surface area contributed by atoms with Crippen LogP contribution in [0.4, 0.5) is 0 Å². The number of carbonyl (C=O) groups is 3. The van der Waals surface area contributed by atoms with Gasteiger partial charge in [-0.2, -0.15) is 0 Å². The van der Waals surface area contributed by atoms with E-state index >= 15 is 0 Å². The SMILES string of the molecule is O=C(OC1COC(CO)C(OC(=O)C2CCCCC2)C1OC(=O)C1CCCCC1)C1CCCCC1. The zero-order valence-corrected chi connectivity index (χ0v) is 20.9. The quantitative estimate of drug-likeness (QED) is 0.420. The van der Waals surface area contributed by atoms with Crippen molar-refractivity contribution in [3.8, 4) is 0 Å². The minimum atomic E-state index is -1.01. The molecule has 3 aliphatic carbocycles. The predicted octanol–water partition coefficient (Wildman–Crippen LogP) is 3.85. The fourth-order valence-electron chi connectivity index (χ4n) is 6.10. The molecule has 0 aromatic rings. The van der Waals surface area contributed by atoms with Crippen LogP contribution in [-0.4, -0.2) is 60.6 Å². The highest BCUT2D eigenvalue weighted by atomic mass is 16.6. The van der Waals surface area contributed by atoms with Crippen LogP contribution in [0.15, 0.2) is 0 Å². The van der Waals surface area contributed by atoms with Crippen LogP contribution < -0.4 is 0 Å². The highest BCUT2D eigenvalue weighted by molar-refractivity contribution is 5.75. The van der Waals surface area contributed by atoms with Crippen LogP contribution in [0.5, 0.6) is 0 Å². The van der Waals surface area contributed by atoms with Crippen LogP contribution in [0.1, 0.15) is 96.3 Å². The van der Waals surface area contributed by atoms with Crippen molar-refractivity contribution >= 4 is 17.9 Å². The van der Waals surface area contributed by atoms with Gasteiger partial charge in [-0.3, -0.25) is 14.4 Å². The van der Waals surface area contributed by atoms with Gasteiger partial charge >= 0.3 is 17.9 Å². The molecule has 0 aromatic heterocycles. The van der Waals surface area contributed by atoms with E-state index in [9.17, 15) is 19.5 Å². The number of hydrogen-bond acceptors (Lipinski definition) is 8. The third-order valence-electron chi connectivity index (χ3n) is 8.30. The summed E-state index contributed by atoms with van der Waals surface area (Å²) < 4.78 is 23.5. The first-order valence-corrected chi connectivity index (χ1v) is 13.9. The summed E-state index contributed by atoms with van der Waals surface area (Å²) in [5, 5.41) is 9.99. The predicted molar refractivity (Wildman–Crippen MR) is 126 cm³/mol. The van der Waals surface area contributed by atoms with Gasteiger partial charge in [-0.15, -0.1) is 0 Å². The monoisotopic (exact) mass is 494 g/mol. The van der Waals surface area contributed by atoms with E-state index in [1.54, 1.807) is 0 Å². The molecule has 35 heavy (non-hydrogen) atoms. The Bertz CT molecular complexity index is 706. The molecule has 4 atom stereocenters. The highest BCUT2D eigenvalue weighted by Gasteiger charge is 2.49. The average molecular weight is 495 g/mol. The lowest BCUT2D eigenvalue weighted by Gasteiger charge is -2.41. The summed E-state index contributed by atoms with van der Waals surface area (Å²) >= 11 is 0. The molecule has 8 heteroatoms. The number of rotatable bonds is 7. The number of aliphatic hydroxyl groups excluding tert-OH is 1. The molecule has 0 radical (unpaired) electrons. The summed E-state index contributed by atoms with van der Waals surface area (Å²) in [6, 6.07) is 0. The molecule has 4 rings (SSSR count). The normalized spacial score (nSPS) is 31.5. The largest absolute Gasteiger partial charge is 0.456 e. The standard InChI is InChI=1S/C27H42O8/c28-16-21-23(34-26(30)19-12-6-2-7-13-19)24(35-27(31)20-14-8-3-9-15-20)22(17-32-21)33-25(29)18-10-4-1-5-11-18/h18-24,28H,1-17H2. The third-order valence-corrected chi connectivity index (χ3v) is 8.30. The van der Waals surface area contributed by atoms with Crippen LogP contribution in [0.2, 0.25) is 0 Å². The van der Waals surface area contributed by atoms with Crippen molar-refractivity contribution in [2.75, 3.05) is 13.2 Å². The van der Waals surface area contributed by atoms with E-state index < -0.39 is 24.4 Å². The van der Waals surface area contributed by atoms with Gasteiger partial charge in [0.15, 0.2) is 18.3 Å². The van der Waals surface area contributed by atoms with Crippen molar-refractivity contribution in [3.63, 3.8) is 0 Å². The summed E-state index contributed by atoms with van der Waals surface area (Å²) in [4.78, 5) is 39.1. The number of hydrogen-bond donors (Lipinski definition) is 1. The van der Waals surface area contributed by atoms with Crippen molar-refractivity contribution in [1.29, 1.82) is 0 Å². The number of ether oxygens (including phenoxy) is 4. The number of carbonyl (C=O) groups excluding carboxylic acids is 3. The van der Waals surface area contributed by atoms with E-state index in [0.717, 1.165) is 96.3 Å². The summed E-state index contributed by atoms with van der Waals surface area (Å²) in [6.07, 6.45) is 10.2. The minimum absolute atomic E-state index is 0.0101. The molecule has 0 spiro atoms. The summed E-state index contributed by atoms with van der Waals surface area (Å²) in [5.74, 6) is -1.58. The van der Waals surface area contributed by atoms with Gasteiger partial charge in [0.1, 0.15) is 6.10 Å². The lowest BCUT2D eigenvalue weighted by molar-refractivity contribution is -0.236. The first kappa shape index (κ1) is 26.4. The Morgan fingerprint density at radius 3 is 1.43 bits per heavy atom. The van der Waals surface area contributed by atoms with Crippen LogP contribution in [0.25, 0.3) is 0 Å². The van der Waals surface area contributed by atoms with E-state index in [2.05, 4.69) is 0 Å². The molecule has 8 nitrogen and oxygen atoms in total. The molecule has 1 saturated heterocycles. The van der Waals surface area contributed by atoms with E-state index in [-0.39, 0.29) is 48.9 Å². The Balaban J connectivity index is 1.50. The Hall–Kier alpha value is -1.67. The van der Waals surface area contributed by atoms with Crippen molar-refractivity contribution in [3.05, 3.63) is 0 Å². The van der Waals surface area contributed by atoms with Crippen molar-refractivity contribution in [1.82, 2.24) is 0 Å². The van der Waals surface area contributed by atoms with Gasteiger partial charge in [0.05, 0.1) is 31.0 Å². The minimum Gasteiger partial charge on any atom is -0.456 e. The molecule has 4 fully saturated rings. The fourth-order valence-corrected chi connectivity index (χ4v) is 6.10. The molecule has 1 N–H and O–H groups in total. The molecule has 198 valence electrons. The van der Waals surface area contributed by atoms with Crippen molar-refractivity contribution in [2.45, 2.75) is 121 Å². The molecule has 0 bridgehead atoms. The Labute approximate surface area is 208 Å². The Morgan fingerprint density at radius 2 is 1.00 bits per heavy atom. The second-order valence-electron chi connectivity index (χ2n) is 10.8. The van der Waals surface area contributed by atoms with E-state index in [1.165, 1.54) is 0 Å². The second-order valence-corrected chi connectivity index (χ2v) is 10.8. The molecule has 1 heterocycles. The average Bonchev–Trinajstić information content (AvgIpc) is 2.91. The Morgan fingerprint density at radius 1 is 0.600 bits per heavy atom. The van der Waals surface area contributed by atoms with Crippen LogP contribution in [0.3, 0.4) is 0 Å². The van der Waals surface area contributed by atoms with Gasteiger partial charge < -0.3 is 24.1 Å². The topological polar surface area (TPSA) is 108 Å². The Kier molecular flexibility index (Phi) is 9.83. The maximum Gasteiger partial charge on any atom is 0.309 e. The smallest absolute Gasteiger partial charge is 0.309 e. The first-order valence-electron chi connectivity index (χ1n) is 13.9. The molecule has 0 aromatic carbocycles. The van der Waals surface area contributed by atoms with Gasteiger partial charge in [0.25, 0.3) is 0 Å². The van der Waals surface area contributed by atoms with E-state index in [1.807, 2.05) is 0 Å². The van der Waals surface area contributed by atoms with Crippen LogP contribution >= 0.6 is 0 Å². The summed E-state index contributed by atoms with van der Waals surface area (Å²) in [6.45, 7) is -0.396. The van der Waals surface area contributed by atoms with Crippen LogP contribution in [0, 0.1) is 17.8 Å². The first-order chi connectivity index (χ1) is 17.1. The highest BCUT2D eigenvalue weighted by Crippen LogP contribution is 2.32. The lowest BCUT2D eigenvalue weighted by Crippen LogP contribution is -2.59. The lowest BCUT2D eigenvalue weighted by atomic mass is 9.88. The number of aliphatic hydroxyl groups is 1. The summed E-state index contributed by atoms with van der Waals surface area (Å²) in [5.41, 5.74) is 0. The zero-order valence-electron chi connectivity index (χ0n) is 20.9. The number of esters is 3. The fraction of sp³-hybridized carbons (Fsp3) is 0.889. The van der Waals surface area contributed by atoms with E-state index in [4.69, 9.17) is 18.9 Å². The molecule has 4 unspecified atom stereocenters. The maximum atomic E-state index is 13.1.